The Labute approximate surface area is 174 Å². The topological polar surface area (TPSA) is 66.1 Å². The highest BCUT2D eigenvalue weighted by molar-refractivity contribution is 5.80. The number of nitriles is 1. The Morgan fingerprint density at radius 1 is 0.806 bits per heavy atom. The Morgan fingerprint density at radius 2 is 1.32 bits per heavy atom. The summed E-state index contributed by atoms with van der Waals surface area (Å²) in [6.07, 6.45) is -7.07. The van der Waals surface area contributed by atoms with Crippen molar-refractivity contribution in [1.29, 1.82) is 10.7 Å². The molecule has 0 spiro atoms. The highest BCUT2D eigenvalue weighted by atomic mass is 19.4. The summed E-state index contributed by atoms with van der Waals surface area (Å²) in [4.78, 5) is 0. The van der Waals surface area contributed by atoms with Crippen LogP contribution in [0.3, 0.4) is 0 Å². The maximum Gasteiger partial charge on any atom is 0.417 e. The fraction of sp³-hybridized carbons (Fsp3) is 0.333. The third-order valence-electron chi connectivity index (χ3n) is 4.23. The molecule has 0 aliphatic heterocycles. The van der Waals surface area contributed by atoms with Crippen molar-refractivity contribution in [3.05, 3.63) is 58.7 Å². The standard InChI is InChI=1S/C21H18F6N2O2/c22-20(23,24)18-10-16(6-4-14(18)12-28)30-8-2-1-3-9-31-17-7-5-15(13-29)19(11-17)21(25,26)27/h4-7,10-12,28H,1-3,8-9H2. The molecule has 0 bridgehead atoms. The molecule has 2 rings (SSSR count). The molecule has 0 unspecified atom stereocenters. The molecule has 0 saturated heterocycles. The monoisotopic (exact) mass is 444 g/mol. The second-order valence-electron chi connectivity index (χ2n) is 6.47. The molecular formula is C21H18F6N2O2. The first-order chi connectivity index (χ1) is 14.6. The van der Waals surface area contributed by atoms with E-state index >= 15 is 0 Å². The van der Waals surface area contributed by atoms with E-state index in [1.807, 2.05) is 0 Å². The summed E-state index contributed by atoms with van der Waals surface area (Å²) in [5.74, 6) is 0.0278. The summed E-state index contributed by atoms with van der Waals surface area (Å²) in [7, 11) is 0. The van der Waals surface area contributed by atoms with Crippen LogP contribution in [0.5, 0.6) is 11.5 Å². The number of alkyl halides is 6. The highest BCUT2D eigenvalue weighted by Gasteiger charge is 2.34. The van der Waals surface area contributed by atoms with Crippen LogP contribution in [0.4, 0.5) is 26.3 Å². The summed E-state index contributed by atoms with van der Waals surface area (Å²) in [5.41, 5.74) is -2.75. The number of benzene rings is 2. The molecule has 0 aliphatic carbocycles. The summed E-state index contributed by atoms with van der Waals surface area (Å²) >= 11 is 0. The maximum absolute atomic E-state index is 13.0. The summed E-state index contributed by atoms with van der Waals surface area (Å²) in [5, 5.41) is 15.8. The number of unbranched alkanes of at least 4 members (excludes halogenated alkanes) is 2. The molecule has 0 aromatic heterocycles. The molecule has 0 aliphatic rings. The SMILES string of the molecule is N#Cc1ccc(OCCCCCOc2ccc(C=N)c(C(F)(F)F)c2)cc1C(F)(F)F. The van der Waals surface area contributed by atoms with Gasteiger partial charge in [-0.2, -0.15) is 31.6 Å². The number of nitrogens with one attached hydrogen (secondary N) is 1. The van der Waals surface area contributed by atoms with Crippen molar-refractivity contribution >= 4 is 6.21 Å². The molecule has 0 atom stereocenters. The van der Waals surface area contributed by atoms with Crippen LogP contribution in [0.15, 0.2) is 36.4 Å². The van der Waals surface area contributed by atoms with E-state index in [0.717, 1.165) is 24.3 Å². The first-order valence-electron chi connectivity index (χ1n) is 9.15. The van der Waals surface area contributed by atoms with Crippen LogP contribution in [0.1, 0.15) is 41.5 Å². The third kappa shape index (κ3) is 6.91. The zero-order valence-electron chi connectivity index (χ0n) is 16.1. The predicted octanol–water partition coefficient (Wildman–Crippen LogP) is 6.22. The van der Waals surface area contributed by atoms with Gasteiger partial charge in [-0.3, -0.25) is 0 Å². The minimum Gasteiger partial charge on any atom is -0.494 e. The first kappa shape index (κ1) is 24.1. The average Bonchev–Trinajstić information content (AvgIpc) is 2.71. The zero-order valence-corrected chi connectivity index (χ0v) is 16.1. The summed E-state index contributed by atoms with van der Waals surface area (Å²) in [6.45, 7) is 0.284. The number of hydrogen-bond donors (Lipinski definition) is 1. The van der Waals surface area contributed by atoms with Crippen molar-refractivity contribution in [1.82, 2.24) is 0 Å². The van der Waals surface area contributed by atoms with Gasteiger partial charge in [-0.1, -0.05) is 0 Å². The van der Waals surface area contributed by atoms with Gasteiger partial charge in [0.1, 0.15) is 11.5 Å². The van der Waals surface area contributed by atoms with Crippen LogP contribution >= 0.6 is 0 Å². The van der Waals surface area contributed by atoms with E-state index in [2.05, 4.69) is 0 Å². The Morgan fingerprint density at radius 3 is 1.81 bits per heavy atom. The normalized spacial score (nSPS) is 11.6. The Bertz CT molecular complexity index is 948. The first-order valence-corrected chi connectivity index (χ1v) is 9.15. The maximum atomic E-state index is 13.0. The molecule has 10 heteroatoms. The average molecular weight is 444 g/mol. The van der Waals surface area contributed by atoms with Crippen molar-refractivity contribution in [2.24, 2.45) is 0 Å². The third-order valence-corrected chi connectivity index (χ3v) is 4.23. The molecule has 2 aromatic rings. The van der Waals surface area contributed by atoms with Crippen molar-refractivity contribution in [3.8, 4) is 17.6 Å². The molecule has 0 fully saturated rings. The van der Waals surface area contributed by atoms with Gasteiger partial charge in [0.25, 0.3) is 0 Å². The van der Waals surface area contributed by atoms with Gasteiger partial charge in [-0.15, -0.1) is 0 Å². The molecule has 31 heavy (non-hydrogen) atoms. The highest BCUT2D eigenvalue weighted by Crippen LogP contribution is 2.35. The van der Waals surface area contributed by atoms with Gasteiger partial charge in [0.05, 0.1) is 36.0 Å². The number of halogens is 6. The second-order valence-corrected chi connectivity index (χ2v) is 6.47. The Kier molecular flexibility index (Phi) is 7.91. The van der Waals surface area contributed by atoms with Crippen LogP contribution < -0.4 is 9.47 Å². The lowest BCUT2D eigenvalue weighted by Crippen LogP contribution is -2.10. The molecule has 1 N–H and O–H groups in total. The van der Waals surface area contributed by atoms with Gasteiger partial charge < -0.3 is 14.9 Å². The molecule has 0 heterocycles. The lowest BCUT2D eigenvalue weighted by atomic mass is 10.1. The Hall–Kier alpha value is -3.22. The molecule has 4 nitrogen and oxygen atoms in total. The van der Waals surface area contributed by atoms with Crippen molar-refractivity contribution in [3.63, 3.8) is 0 Å². The fourth-order valence-electron chi connectivity index (χ4n) is 2.70. The Balaban J connectivity index is 1.78. The predicted molar refractivity (Wildman–Crippen MR) is 100 cm³/mol. The van der Waals surface area contributed by atoms with E-state index in [4.69, 9.17) is 20.1 Å². The van der Waals surface area contributed by atoms with Crippen LogP contribution in [0, 0.1) is 16.7 Å². The molecular weight excluding hydrogens is 426 g/mol. The van der Waals surface area contributed by atoms with Crippen molar-refractivity contribution < 1.29 is 35.8 Å². The van der Waals surface area contributed by atoms with E-state index in [1.165, 1.54) is 18.2 Å². The minimum atomic E-state index is -4.66. The summed E-state index contributed by atoms with van der Waals surface area (Å²) < 4.78 is 88.3. The molecule has 0 radical (unpaired) electrons. The van der Waals surface area contributed by atoms with Crippen molar-refractivity contribution in [2.45, 2.75) is 31.6 Å². The number of nitrogens with zero attached hydrogens (tertiary/aromatic N) is 1. The van der Waals surface area contributed by atoms with E-state index in [0.29, 0.717) is 25.5 Å². The van der Waals surface area contributed by atoms with E-state index < -0.39 is 29.0 Å². The van der Waals surface area contributed by atoms with E-state index in [9.17, 15) is 26.3 Å². The van der Waals surface area contributed by atoms with Gasteiger partial charge in [-0.25, -0.2) is 0 Å². The fourth-order valence-corrected chi connectivity index (χ4v) is 2.70. The number of rotatable bonds is 9. The molecule has 0 amide bonds. The van der Waals surface area contributed by atoms with E-state index in [-0.39, 0.29) is 30.3 Å². The number of hydrogen-bond acceptors (Lipinski definition) is 4. The second kappa shape index (κ2) is 10.2. The van der Waals surface area contributed by atoms with Crippen LogP contribution in [0.25, 0.3) is 0 Å². The van der Waals surface area contributed by atoms with E-state index in [1.54, 1.807) is 0 Å². The minimum absolute atomic E-state index is 0.00598. The zero-order chi connectivity index (χ0) is 23.1. The van der Waals surface area contributed by atoms with Crippen molar-refractivity contribution in [2.75, 3.05) is 13.2 Å². The molecule has 0 saturated carbocycles. The van der Waals surface area contributed by atoms with Crippen LogP contribution in [-0.4, -0.2) is 19.4 Å². The van der Waals surface area contributed by atoms with Crippen LogP contribution in [0.2, 0.25) is 0 Å². The quantitative estimate of drug-likeness (QED) is 0.284. The van der Waals surface area contributed by atoms with Gasteiger partial charge in [0, 0.05) is 11.8 Å². The lowest BCUT2D eigenvalue weighted by Gasteiger charge is -2.13. The largest absolute Gasteiger partial charge is 0.494 e. The van der Waals surface area contributed by atoms with Gasteiger partial charge >= 0.3 is 12.4 Å². The molecule has 2 aromatic carbocycles. The van der Waals surface area contributed by atoms with Gasteiger partial charge in [-0.05, 0) is 55.7 Å². The van der Waals surface area contributed by atoms with Gasteiger partial charge in [0.2, 0.25) is 0 Å². The number of ether oxygens (including phenoxy) is 2. The van der Waals surface area contributed by atoms with Crippen LogP contribution in [-0.2, 0) is 12.4 Å². The smallest absolute Gasteiger partial charge is 0.417 e. The lowest BCUT2D eigenvalue weighted by molar-refractivity contribution is -0.138. The van der Waals surface area contributed by atoms with Gasteiger partial charge in [0.15, 0.2) is 0 Å². The summed E-state index contributed by atoms with van der Waals surface area (Å²) in [6, 6.07) is 7.94. The molecule has 166 valence electrons.